The van der Waals surface area contributed by atoms with Crippen molar-refractivity contribution in [3.8, 4) is 10.6 Å². The van der Waals surface area contributed by atoms with Gasteiger partial charge in [0, 0.05) is 31.6 Å². The third kappa shape index (κ3) is 3.47. The molecule has 1 aromatic carbocycles. The number of aryl methyl sites for hydroxylation is 1. The Morgan fingerprint density at radius 1 is 1.28 bits per heavy atom. The first-order chi connectivity index (χ1) is 11.7. The average Bonchev–Trinajstić information content (AvgIpc) is 3.22. The molecule has 1 amide bonds. The Hall–Kier alpha value is -1.77. The molecule has 1 saturated carbocycles. The lowest BCUT2D eigenvalue weighted by molar-refractivity contribution is 0.0948. The first-order valence-corrected chi connectivity index (χ1v) is 10.3. The summed E-state index contributed by atoms with van der Waals surface area (Å²) in [5, 5.41) is 5.21. The van der Waals surface area contributed by atoms with Gasteiger partial charge in [0.05, 0.1) is 0 Å². The molecule has 0 spiro atoms. The summed E-state index contributed by atoms with van der Waals surface area (Å²) in [5.74, 6) is -0.338. The Bertz CT molecular complexity index is 882. The predicted octanol–water partition coefficient (Wildman–Crippen LogP) is 2.27. The molecule has 0 saturated heterocycles. The second-order valence-corrected chi connectivity index (χ2v) is 9.96. The normalized spacial score (nSPS) is 16.0. The molecule has 0 radical (unpaired) electrons. The highest BCUT2D eigenvalue weighted by Gasteiger charge is 2.55. The van der Waals surface area contributed by atoms with Gasteiger partial charge >= 0.3 is 0 Å². The van der Waals surface area contributed by atoms with Crippen molar-refractivity contribution in [3.63, 3.8) is 0 Å². The van der Waals surface area contributed by atoms with Gasteiger partial charge in [-0.1, -0.05) is 29.8 Å². The van der Waals surface area contributed by atoms with Gasteiger partial charge in [0.25, 0.3) is 5.91 Å². The third-order valence-corrected chi connectivity index (χ3v) is 7.94. The molecule has 1 aliphatic rings. The quantitative estimate of drug-likeness (QED) is 0.835. The van der Waals surface area contributed by atoms with Crippen LogP contribution in [0.4, 0.5) is 0 Å². The van der Waals surface area contributed by atoms with Crippen molar-refractivity contribution in [2.24, 2.45) is 0 Å². The second-order valence-electron chi connectivity index (χ2n) is 6.56. The fraction of sp³-hybridized carbons (Fsp3) is 0.412. The molecular formula is C17H21N3O3S2. The maximum absolute atomic E-state index is 12.3. The summed E-state index contributed by atoms with van der Waals surface area (Å²) in [6, 6.07) is 7.94. The van der Waals surface area contributed by atoms with Crippen molar-refractivity contribution in [2.45, 2.75) is 24.5 Å². The number of rotatable bonds is 6. The Labute approximate surface area is 151 Å². The molecule has 1 fully saturated rings. The zero-order valence-electron chi connectivity index (χ0n) is 14.4. The number of thiazole rings is 1. The highest BCUT2D eigenvalue weighted by Crippen LogP contribution is 2.44. The Morgan fingerprint density at radius 3 is 2.48 bits per heavy atom. The van der Waals surface area contributed by atoms with Crippen LogP contribution >= 0.6 is 11.3 Å². The van der Waals surface area contributed by atoms with Crippen molar-refractivity contribution in [1.29, 1.82) is 0 Å². The van der Waals surface area contributed by atoms with Crippen LogP contribution in [0.2, 0.25) is 0 Å². The number of nitrogens with zero attached hydrogens (tertiary/aromatic N) is 2. The predicted molar refractivity (Wildman–Crippen MR) is 99.2 cm³/mol. The van der Waals surface area contributed by atoms with Gasteiger partial charge in [-0.05, 0) is 19.8 Å². The van der Waals surface area contributed by atoms with E-state index in [9.17, 15) is 13.2 Å². The van der Waals surface area contributed by atoms with Crippen LogP contribution in [0.3, 0.4) is 0 Å². The maximum atomic E-state index is 12.3. The fourth-order valence-electron chi connectivity index (χ4n) is 2.59. The number of amides is 1. The summed E-state index contributed by atoms with van der Waals surface area (Å²) in [6.07, 6.45) is 1.14. The molecule has 3 rings (SSSR count). The van der Waals surface area contributed by atoms with Crippen LogP contribution in [0.15, 0.2) is 29.6 Å². The van der Waals surface area contributed by atoms with Crippen molar-refractivity contribution >= 4 is 27.3 Å². The molecule has 6 nitrogen and oxygen atoms in total. The summed E-state index contributed by atoms with van der Waals surface area (Å²) in [6.45, 7) is 2.13. The van der Waals surface area contributed by atoms with E-state index in [1.54, 1.807) is 5.38 Å². The summed E-state index contributed by atoms with van der Waals surface area (Å²) in [7, 11) is -0.346. The van der Waals surface area contributed by atoms with E-state index < -0.39 is 14.8 Å². The van der Waals surface area contributed by atoms with E-state index in [0.29, 0.717) is 18.5 Å². The molecule has 1 N–H and O–H groups in total. The van der Waals surface area contributed by atoms with E-state index in [4.69, 9.17) is 0 Å². The molecule has 25 heavy (non-hydrogen) atoms. The number of aromatic nitrogens is 1. The van der Waals surface area contributed by atoms with Crippen LogP contribution in [0.5, 0.6) is 0 Å². The highest BCUT2D eigenvalue weighted by atomic mass is 32.2. The van der Waals surface area contributed by atoms with Crippen LogP contribution in [-0.2, 0) is 10.0 Å². The first-order valence-electron chi connectivity index (χ1n) is 7.98. The van der Waals surface area contributed by atoms with E-state index in [2.05, 4.69) is 10.3 Å². The van der Waals surface area contributed by atoms with Gasteiger partial charge in [-0.15, -0.1) is 11.3 Å². The van der Waals surface area contributed by atoms with Gasteiger partial charge in [0.1, 0.15) is 15.4 Å². The molecule has 2 aromatic rings. The molecule has 0 aliphatic heterocycles. The van der Waals surface area contributed by atoms with Gasteiger partial charge in [0.15, 0.2) is 0 Å². The molecular weight excluding hydrogens is 358 g/mol. The number of carbonyl (C=O) groups is 1. The smallest absolute Gasteiger partial charge is 0.270 e. The number of carbonyl (C=O) groups excluding carboxylic acids is 1. The van der Waals surface area contributed by atoms with Crippen LogP contribution in [0.1, 0.15) is 28.9 Å². The first kappa shape index (κ1) is 18.0. The highest BCUT2D eigenvalue weighted by molar-refractivity contribution is 7.90. The molecule has 1 heterocycles. The van der Waals surface area contributed by atoms with Crippen LogP contribution in [0.25, 0.3) is 10.6 Å². The van der Waals surface area contributed by atoms with E-state index in [0.717, 1.165) is 16.1 Å². The monoisotopic (exact) mass is 379 g/mol. The third-order valence-electron chi connectivity index (χ3n) is 4.44. The summed E-state index contributed by atoms with van der Waals surface area (Å²) in [5.41, 5.74) is 2.44. The molecule has 0 unspecified atom stereocenters. The van der Waals surface area contributed by atoms with E-state index >= 15 is 0 Å². The van der Waals surface area contributed by atoms with Crippen molar-refractivity contribution < 1.29 is 13.2 Å². The number of sulfonamides is 1. The van der Waals surface area contributed by atoms with E-state index in [1.807, 2.05) is 31.2 Å². The van der Waals surface area contributed by atoms with Gasteiger partial charge in [-0.2, -0.15) is 0 Å². The largest absolute Gasteiger partial charge is 0.349 e. The molecule has 1 aliphatic carbocycles. The van der Waals surface area contributed by atoms with Crippen molar-refractivity contribution in [1.82, 2.24) is 14.6 Å². The van der Waals surface area contributed by atoms with E-state index in [1.165, 1.54) is 29.7 Å². The van der Waals surface area contributed by atoms with Crippen LogP contribution < -0.4 is 5.32 Å². The summed E-state index contributed by atoms with van der Waals surface area (Å²) in [4.78, 5) is 16.7. The van der Waals surface area contributed by atoms with Crippen molar-refractivity contribution in [3.05, 3.63) is 40.9 Å². The zero-order valence-corrected chi connectivity index (χ0v) is 16.1. The standard InChI is InChI=1S/C17H21N3O3S2/c1-12-4-6-13(7-5-12)16-19-14(10-24-16)15(21)18-11-17(8-9-17)25(22,23)20(2)3/h4-7,10H,8-9,11H2,1-3H3,(H,18,21). The van der Waals surface area contributed by atoms with Gasteiger partial charge in [-0.3, -0.25) is 4.79 Å². The lowest BCUT2D eigenvalue weighted by atomic mass is 10.2. The SMILES string of the molecule is Cc1ccc(-c2nc(C(=O)NCC3(S(=O)(=O)N(C)C)CC3)cs2)cc1. The Morgan fingerprint density at radius 2 is 1.92 bits per heavy atom. The van der Waals surface area contributed by atoms with Crippen LogP contribution in [0, 0.1) is 6.92 Å². The number of nitrogens with one attached hydrogen (secondary N) is 1. The Balaban J connectivity index is 1.68. The maximum Gasteiger partial charge on any atom is 0.270 e. The molecule has 8 heteroatoms. The topological polar surface area (TPSA) is 79.4 Å². The lowest BCUT2D eigenvalue weighted by Gasteiger charge is -2.21. The van der Waals surface area contributed by atoms with Crippen molar-refractivity contribution in [2.75, 3.05) is 20.6 Å². The van der Waals surface area contributed by atoms with Gasteiger partial charge < -0.3 is 5.32 Å². The zero-order chi connectivity index (χ0) is 18.2. The van der Waals surface area contributed by atoms with Gasteiger partial charge in [0.2, 0.25) is 10.0 Å². The fourth-order valence-corrected chi connectivity index (χ4v) is 5.04. The molecule has 0 bridgehead atoms. The minimum atomic E-state index is -3.38. The number of hydrogen-bond donors (Lipinski definition) is 1. The average molecular weight is 380 g/mol. The van der Waals surface area contributed by atoms with E-state index in [-0.39, 0.29) is 12.5 Å². The van der Waals surface area contributed by atoms with Gasteiger partial charge in [-0.25, -0.2) is 17.7 Å². The summed E-state index contributed by atoms with van der Waals surface area (Å²) < 4.78 is 25.1. The number of benzene rings is 1. The molecule has 1 aromatic heterocycles. The molecule has 134 valence electrons. The lowest BCUT2D eigenvalue weighted by Crippen LogP contribution is -2.43. The number of hydrogen-bond acceptors (Lipinski definition) is 5. The summed E-state index contributed by atoms with van der Waals surface area (Å²) >= 11 is 1.40. The minimum Gasteiger partial charge on any atom is -0.349 e. The minimum absolute atomic E-state index is 0.115. The van der Waals surface area contributed by atoms with Crippen LogP contribution in [-0.4, -0.2) is 49.0 Å². The second kappa shape index (κ2) is 6.51. The Kier molecular flexibility index (Phi) is 4.70. The molecule has 0 atom stereocenters.